The molecule has 0 spiro atoms. The third-order valence-corrected chi connectivity index (χ3v) is 7.06. The van der Waals surface area contributed by atoms with Gasteiger partial charge in [-0.05, 0) is 66.0 Å². The molecule has 0 saturated carbocycles. The van der Waals surface area contributed by atoms with Crippen LogP contribution in [0, 0.1) is 5.92 Å². The van der Waals surface area contributed by atoms with Crippen molar-refractivity contribution in [3.63, 3.8) is 0 Å². The summed E-state index contributed by atoms with van der Waals surface area (Å²) in [7, 11) is 0. The number of nitrogens with one attached hydrogen (secondary N) is 2. The van der Waals surface area contributed by atoms with Gasteiger partial charge >= 0.3 is 0 Å². The fourth-order valence-electron chi connectivity index (χ4n) is 5.44. The maximum atomic E-state index is 12.9. The number of fused-ring (bicyclic) bond motifs is 5. The normalized spacial score (nSPS) is 21.0. The Kier molecular flexibility index (Phi) is 5.60. The molecule has 2 bridgehead atoms. The van der Waals surface area contributed by atoms with Gasteiger partial charge in [-0.15, -0.1) is 0 Å². The number of piperidine rings is 1. The average molecular weight is 462 g/mol. The fourth-order valence-corrected chi connectivity index (χ4v) is 5.44. The number of carbonyl (C=O) groups is 1. The van der Waals surface area contributed by atoms with E-state index in [1.165, 1.54) is 17.2 Å². The summed E-state index contributed by atoms with van der Waals surface area (Å²) in [6, 6.07) is 9.95. The zero-order chi connectivity index (χ0) is 24.1. The van der Waals surface area contributed by atoms with Gasteiger partial charge in [-0.25, -0.2) is 0 Å². The summed E-state index contributed by atoms with van der Waals surface area (Å²) in [4.78, 5) is 12.9. The van der Waals surface area contributed by atoms with Crippen LogP contribution in [0.4, 0.5) is 0 Å². The van der Waals surface area contributed by atoms with Crippen LogP contribution in [0.3, 0.4) is 0 Å². The minimum atomic E-state index is -0.333. The lowest BCUT2D eigenvalue weighted by Crippen LogP contribution is -2.26. The third kappa shape index (κ3) is 3.64. The minimum Gasteiger partial charge on any atom is -0.508 e. The quantitative estimate of drug-likeness (QED) is 0.405. The van der Waals surface area contributed by atoms with Crippen molar-refractivity contribution < 1.29 is 19.5 Å². The van der Waals surface area contributed by atoms with Crippen LogP contribution in [-0.2, 0) is 0 Å². The number of nitrogens with zero attached hydrogens (tertiary/aromatic N) is 1. The molecule has 34 heavy (non-hydrogen) atoms. The van der Waals surface area contributed by atoms with E-state index in [-0.39, 0.29) is 35.1 Å². The molecule has 3 atom stereocenters. The molecule has 4 N–H and O–H groups in total. The van der Waals surface area contributed by atoms with E-state index >= 15 is 0 Å². The Labute approximate surface area is 199 Å². The second kappa shape index (κ2) is 8.47. The van der Waals surface area contributed by atoms with E-state index < -0.39 is 0 Å². The van der Waals surface area contributed by atoms with E-state index in [2.05, 4.69) is 34.8 Å². The first-order valence-corrected chi connectivity index (χ1v) is 12.0. The van der Waals surface area contributed by atoms with Gasteiger partial charge < -0.3 is 25.4 Å². The molecule has 3 aromatic rings. The highest BCUT2D eigenvalue weighted by molar-refractivity contribution is 6.02. The molecule has 178 valence electrons. The molecule has 1 saturated heterocycles. The molecule has 1 amide bonds. The predicted octanol–water partition coefficient (Wildman–Crippen LogP) is 5.41. The third-order valence-electron chi connectivity index (χ3n) is 7.06. The number of rotatable bonds is 5. The summed E-state index contributed by atoms with van der Waals surface area (Å²) in [6.07, 6.45) is 2.19. The number of benzene rings is 2. The zero-order valence-electron chi connectivity index (χ0n) is 20.0. The van der Waals surface area contributed by atoms with Gasteiger partial charge in [0.15, 0.2) is 11.5 Å². The van der Waals surface area contributed by atoms with E-state index in [1.807, 2.05) is 26.8 Å². The van der Waals surface area contributed by atoms with Gasteiger partial charge in [-0.1, -0.05) is 38.1 Å². The van der Waals surface area contributed by atoms with Gasteiger partial charge in [-0.2, -0.15) is 0 Å². The first-order valence-electron chi connectivity index (χ1n) is 12.0. The maximum Gasteiger partial charge on any atom is 0.274 e. The van der Waals surface area contributed by atoms with Crippen LogP contribution in [-0.4, -0.2) is 27.8 Å². The summed E-state index contributed by atoms with van der Waals surface area (Å²) in [5.74, 6) is 0.540. The monoisotopic (exact) mass is 461 g/mol. The van der Waals surface area contributed by atoms with Gasteiger partial charge in [0.1, 0.15) is 11.5 Å². The van der Waals surface area contributed by atoms with Crippen LogP contribution in [0.2, 0.25) is 0 Å². The number of aromatic hydroxyl groups is 2. The number of hydrogen-bond acceptors (Lipinski definition) is 6. The second-order valence-electron chi connectivity index (χ2n) is 9.87. The van der Waals surface area contributed by atoms with Crippen molar-refractivity contribution in [1.82, 2.24) is 15.8 Å². The van der Waals surface area contributed by atoms with Crippen molar-refractivity contribution in [1.29, 1.82) is 0 Å². The SMILES string of the molecule is CCNC(=O)c1noc(-c2cc(C(C)C)c(O)cc2O)c1-c1ccc2c(c1)C1CC(C)CC2N1. The highest BCUT2D eigenvalue weighted by Gasteiger charge is 2.37. The van der Waals surface area contributed by atoms with Crippen LogP contribution in [0.25, 0.3) is 22.5 Å². The first kappa shape index (κ1) is 22.5. The number of amides is 1. The molecule has 3 heterocycles. The molecule has 1 fully saturated rings. The number of hydrogen-bond donors (Lipinski definition) is 4. The Balaban J connectivity index is 1.69. The molecule has 2 aliphatic heterocycles. The molecule has 3 unspecified atom stereocenters. The Morgan fingerprint density at radius 3 is 2.59 bits per heavy atom. The molecular formula is C27H31N3O4. The van der Waals surface area contributed by atoms with Crippen molar-refractivity contribution in [2.45, 2.75) is 58.5 Å². The Hall–Kier alpha value is -3.32. The fraction of sp³-hybridized carbons (Fsp3) is 0.407. The number of aromatic nitrogens is 1. The molecule has 7 heteroatoms. The highest BCUT2D eigenvalue weighted by atomic mass is 16.5. The van der Waals surface area contributed by atoms with Gasteiger partial charge in [-0.3, -0.25) is 4.79 Å². The summed E-state index contributed by atoms with van der Waals surface area (Å²) < 4.78 is 5.71. The van der Waals surface area contributed by atoms with Crippen LogP contribution in [0.1, 0.15) is 85.7 Å². The van der Waals surface area contributed by atoms with Crippen LogP contribution in [0.15, 0.2) is 34.9 Å². The smallest absolute Gasteiger partial charge is 0.274 e. The molecule has 1 aromatic heterocycles. The molecule has 0 aliphatic carbocycles. The van der Waals surface area contributed by atoms with Crippen LogP contribution >= 0.6 is 0 Å². The van der Waals surface area contributed by atoms with E-state index in [0.29, 0.717) is 41.0 Å². The second-order valence-corrected chi connectivity index (χ2v) is 9.87. The predicted molar refractivity (Wildman–Crippen MR) is 130 cm³/mol. The lowest BCUT2D eigenvalue weighted by atomic mass is 9.91. The zero-order valence-corrected chi connectivity index (χ0v) is 20.0. The minimum absolute atomic E-state index is 0.0197. The molecule has 7 nitrogen and oxygen atoms in total. The molecule has 2 aliphatic rings. The van der Waals surface area contributed by atoms with E-state index in [1.54, 1.807) is 6.07 Å². The Bertz CT molecular complexity index is 1260. The molecule has 0 radical (unpaired) electrons. The van der Waals surface area contributed by atoms with E-state index in [0.717, 1.165) is 18.4 Å². The number of phenols is 2. The van der Waals surface area contributed by atoms with Crippen molar-refractivity contribution in [2.75, 3.05) is 6.54 Å². The van der Waals surface area contributed by atoms with E-state index in [9.17, 15) is 15.0 Å². The van der Waals surface area contributed by atoms with E-state index in [4.69, 9.17) is 4.52 Å². The molecule has 2 aromatic carbocycles. The van der Waals surface area contributed by atoms with Crippen LogP contribution in [0.5, 0.6) is 11.5 Å². The Morgan fingerprint density at radius 2 is 1.88 bits per heavy atom. The van der Waals surface area contributed by atoms with Crippen molar-refractivity contribution >= 4 is 5.91 Å². The lowest BCUT2D eigenvalue weighted by molar-refractivity contribution is 0.0947. The summed E-state index contributed by atoms with van der Waals surface area (Å²) >= 11 is 0. The standard InChI is InChI=1S/C27H31N3O4/c1-5-28-27(33)25-24(15-6-7-16-18(10-15)21-9-14(4)8-20(16)29-21)26(34-30-25)19-11-17(13(2)3)22(31)12-23(19)32/h6-7,10-14,20-21,29,31-32H,5,8-9H2,1-4H3,(H,28,33). The molecular weight excluding hydrogens is 430 g/mol. The number of carbonyl (C=O) groups excluding carboxylic acids is 1. The van der Waals surface area contributed by atoms with Gasteiger partial charge in [0, 0.05) is 24.7 Å². The summed E-state index contributed by atoms with van der Waals surface area (Å²) in [5.41, 5.74) is 5.17. The van der Waals surface area contributed by atoms with Crippen molar-refractivity contribution in [2.24, 2.45) is 5.92 Å². The highest BCUT2D eigenvalue weighted by Crippen LogP contribution is 2.48. The number of phenolic OH excluding ortho intramolecular Hbond substituents is 2. The Morgan fingerprint density at radius 1 is 1.15 bits per heavy atom. The summed E-state index contributed by atoms with van der Waals surface area (Å²) in [6.45, 7) is 8.52. The van der Waals surface area contributed by atoms with Gasteiger partial charge in [0.25, 0.3) is 5.91 Å². The first-order chi connectivity index (χ1) is 16.3. The topological polar surface area (TPSA) is 108 Å². The largest absolute Gasteiger partial charge is 0.508 e. The van der Waals surface area contributed by atoms with Gasteiger partial charge in [0.05, 0.1) is 11.1 Å². The molecule has 5 rings (SSSR count). The average Bonchev–Trinajstić information content (AvgIpc) is 3.33. The van der Waals surface area contributed by atoms with Crippen molar-refractivity contribution in [3.05, 3.63) is 52.7 Å². The van der Waals surface area contributed by atoms with Crippen LogP contribution < -0.4 is 10.6 Å². The lowest BCUT2D eigenvalue weighted by Gasteiger charge is -2.26. The summed E-state index contributed by atoms with van der Waals surface area (Å²) in [5, 5.41) is 31.7. The van der Waals surface area contributed by atoms with Crippen molar-refractivity contribution in [3.8, 4) is 33.9 Å². The maximum absolute atomic E-state index is 12.9. The van der Waals surface area contributed by atoms with Gasteiger partial charge in [0.2, 0.25) is 0 Å².